The molecule has 0 saturated heterocycles. The Kier molecular flexibility index (Phi) is 7.84. The molecular weight excluding hydrogens is 524 g/mol. The predicted octanol–water partition coefficient (Wildman–Crippen LogP) is 6.17. The van der Waals surface area contributed by atoms with Gasteiger partial charge in [-0.05, 0) is 77.0 Å². The number of carbonyl (C=O) groups is 1. The summed E-state index contributed by atoms with van der Waals surface area (Å²) in [6.45, 7) is 2.40. The number of halogens is 2. The molecule has 5 nitrogen and oxygen atoms in total. The summed E-state index contributed by atoms with van der Waals surface area (Å²) in [6.07, 6.45) is 1.60. The van der Waals surface area contributed by atoms with Crippen LogP contribution in [0.1, 0.15) is 34.0 Å². The van der Waals surface area contributed by atoms with E-state index in [1.54, 1.807) is 48.5 Å². The third-order valence-electron chi connectivity index (χ3n) is 4.48. The molecule has 0 bridgehead atoms. The average molecular weight is 543 g/mol. The van der Waals surface area contributed by atoms with Crippen molar-refractivity contribution in [3.63, 3.8) is 0 Å². The second-order valence-corrected chi connectivity index (χ2v) is 7.87. The molecule has 0 fully saturated rings. The zero-order valence-electron chi connectivity index (χ0n) is 17.1. The minimum atomic E-state index is -1.00. The van der Waals surface area contributed by atoms with E-state index in [1.807, 2.05) is 13.0 Å². The SMILES string of the molecule is CCOc1cc(/C=C(/C#N)c2ccccc2F)cc(I)c1OCc1cccc(C(=O)O)c1. The van der Waals surface area contributed by atoms with Gasteiger partial charge >= 0.3 is 5.97 Å². The number of rotatable bonds is 8. The molecule has 3 aromatic rings. The zero-order valence-corrected chi connectivity index (χ0v) is 19.3. The van der Waals surface area contributed by atoms with Gasteiger partial charge in [0.2, 0.25) is 0 Å². The quantitative estimate of drug-likeness (QED) is 0.209. The number of ether oxygens (including phenoxy) is 2. The monoisotopic (exact) mass is 543 g/mol. The van der Waals surface area contributed by atoms with Gasteiger partial charge < -0.3 is 14.6 Å². The van der Waals surface area contributed by atoms with Gasteiger partial charge in [0.1, 0.15) is 12.4 Å². The number of hydrogen-bond donors (Lipinski definition) is 1. The Balaban J connectivity index is 1.93. The van der Waals surface area contributed by atoms with Gasteiger partial charge in [0.25, 0.3) is 0 Å². The molecular formula is C25H19FINO4. The fraction of sp³-hybridized carbons (Fsp3) is 0.120. The molecule has 32 heavy (non-hydrogen) atoms. The maximum absolute atomic E-state index is 14.1. The maximum Gasteiger partial charge on any atom is 0.335 e. The number of carboxylic acid groups (broad SMARTS) is 1. The third kappa shape index (κ3) is 5.65. The summed E-state index contributed by atoms with van der Waals surface area (Å²) >= 11 is 2.11. The van der Waals surface area contributed by atoms with Gasteiger partial charge in [-0.3, -0.25) is 0 Å². The fourth-order valence-corrected chi connectivity index (χ4v) is 3.82. The van der Waals surface area contributed by atoms with Gasteiger partial charge in [0, 0.05) is 5.56 Å². The molecule has 162 valence electrons. The van der Waals surface area contributed by atoms with Gasteiger partial charge in [0.05, 0.1) is 27.4 Å². The topological polar surface area (TPSA) is 79.5 Å². The number of nitriles is 1. The van der Waals surface area contributed by atoms with Crippen LogP contribution >= 0.6 is 22.6 Å². The molecule has 0 aromatic heterocycles. The summed E-state index contributed by atoms with van der Waals surface area (Å²) in [5.41, 5.74) is 1.97. The highest BCUT2D eigenvalue weighted by Crippen LogP contribution is 2.36. The number of benzene rings is 3. The van der Waals surface area contributed by atoms with Crippen LogP contribution in [-0.2, 0) is 6.61 Å². The lowest BCUT2D eigenvalue weighted by atomic mass is 10.0. The largest absolute Gasteiger partial charge is 0.490 e. The lowest BCUT2D eigenvalue weighted by Crippen LogP contribution is -2.03. The minimum absolute atomic E-state index is 0.158. The normalized spacial score (nSPS) is 11.0. The first kappa shape index (κ1) is 23.3. The Morgan fingerprint density at radius 2 is 1.94 bits per heavy atom. The molecule has 7 heteroatoms. The molecule has 0 heterocycles. The minimum Gasteiger partial charge on any atom is -0.490 e. The molecule has 0 radical (unpaired) electrons. The van der Waals surface area contributed by atoms with Gasteiger partial charge in [0.15, 0.2) is 11.5 Å². The highest BCUT2D eigenvalue weighted by molar-refractivity contribution is 14.1. The van der Waals surface area contributed by atoms with Crippen LogP contribution < -0.4 is 9.47 Å². The Labute approximate surface area is 198 Å². The fourth-order valence-electron chi connectivity index (χ4n) is 3.04. The smallest absolute Gasteiger partial charge is 0.335 e. The Morgan fingerprint density at radius 1 is 1.16 bits per heavy atom. The van der Waals surface area contributed by atoms with Crippen LogP contribution in [0.5, 0.6) is 11.5 Å². The number of allylic oxidation sites excluding steroid dienone is 1. The van der Waals surface area contributed by atoms with Crippen molar-refractivity contribution in [3.05, 3.63) is 92.3 Å². The summed E-state index contributed by atoms with van der Waals surface area (Å²) < 4.78 is 26.6. The highest BCUT2D eigenvalue weighted by Gasteiger charge is 2.14. The van der Waals surface area contributed by atoms with Crippen molar-refractivity contribution in [2.24, 2.45) is 0 Å². The molecule has 0 amide bonds. The summed E-state index contributed by atoms with van der Waals surface area (Å²) in [4.78, 5) is 11.2. The van der Waals surface area contributed by atoms with Crippen LogP contribution in [0.4, 0.5) is 4.39 Å². The molecule has 1 N–H and O–H groups in total. The number of carboxylic acids is 1. The van der Waals surface area contributed by atoms with Gasteiger partial charge in [-0.25, -0.2) is 9.18 Å². The van der Waals surface area contributed by atoms with E-state index in [1.165, 1.54) is 12.1 Å². The Hall–Kier alpha value is -3.38. The first-order valence-corrected chi connectivity index (χ1v) is 10.8. The van der Waals surface area contributed by atoms with Crippen LogP contribution in [0.25, 0.3) is 11.6 Å². The number of hydrogen-bond acceptors (Lipinski definition) is 4. The lowest BCUT2D eigenvalue weighted by Gasteiger charge is -2.15. The predicted molar refractivity (Wildman–Crippen MR) is 128 cm³/mol. The average Bonchev–Trinajstić information content (AvgIpc) is 2.78. The Morgan fingerprint density at radius 3 is 2.62 bits per heavy atom. The first-order valence-electron chi connectivity index (χ1n) is 9.71. The molecule has 3 rings (SSSR count). The van der Waals surface area contributed by atoms with Crippen molar-refractivity contribution >= 4 is 40.2 Å². The summed E-state index contributed by atoms with van der Waals surface area (Å²) in [5.74, 6) is -0.486. The van der Waals surface area contributed by atoms with E-state index in [9.17, 15) is 14.4 Å². The molecule has 0 aliphatic rings. The Bertz CT molecular complexity index is 1220. The number of nitrogens with zero attached hydrogens (tertiary/aromatic N) is 1. The van der Waals surface area contributed by atoms with E-state index in [4.69, 9.17) is 14.6 Å². The maximum atomic E-state index is 14.1. The molecule has 0 aliphatic heterocycles. The van der Waals surface area contributed by atoms with E-state index in [2.05, 4.69) is 28.7 Å². The molecule has 0 aliphatic carbocycles. The van der Waals surface area contributed by atoms with Crippen LogP contribution in [-0.4, -0.2) is 17.7 Å². The van der Waals surface area contributed by atoms with Crippen molar-refractivity contribution in [2.45, 2.75) is 13.5 Å². The van der Waals surface area contributed by atoms with Crippen LogP contribution in [0.2, 0.25) is 0 Å². The van der Waals surface area contributed by atoms with Gasteiger partial charge in [-0.2, -0.15) is 5.26 Å². The second-order valence-electron chi connectivity index (χ2n) is 6.71. The van der Waals surface area contributed by atoms with Crippen LogP contribution in [0.15, 0.2) is 60.7 Å². The van der Waals surface area contributed by atoms with Crippen molar-refractivity contribution < 1.29 is 23.8 Å². The van der Waals surface area contributed by atoms with Crippen LogP contribution in [0.3, 0.4) is 0 Å². The molecule has 0 spiro atoms. The lowest BCUT2D eigenvalue weighted by molar-refractivity contribution is 0.0696. The standard InChI is InChI=1S/C25H19FINO4/c1-2-31-23-13-17(11-19(14-28)20-8-3-4-9-21(20)26)12-22(27)24(23)32-15-16-6-5-7-18(10-16)25(29)30/h3-13H,2,15H2,1H3,(H,29,30)/b19-11-. The van der Waals surface area contributed by atoms with E-state index in [0.717, 1.165) is 3.57 Å². The van der Waals surface area contributed by atoms with Crippen molar-refractivity contribution in [1.29, 1.82) is 5.26 Å². The van der Waals surface area contributed by atoms with Gasteiger partial charge in [-0.1, -0.05) is 30.3 Å². The molecule has 0 saturated carbocycles. The van der Waals surface area contributed by atoms with Crippen molar-refractivity contribution in [3.8, 4) is 17.6 Å². The number of aromatic carboxylic acids is 1. The van der Waals surface area contributed by atoms with E-state index >= 15 is 0 Å². The molecule has 0 unspecified atom stereocenters. The highest BCUT2D eigenvalue weighted by atomic mass is 127. The summed E-state index contributed by atoms with van der Waals surface area (Å²) in [7, 11) is 0. The van der Waals surface area contributed by atoms with E-state index in [0.29, 0.717) is 29.2 Å². The molecule has 0 atom stereocenters. The zero-order chi connectivity index (χ0) is 23.1. The first-order chi connectivity index (χ1) is 15.4. The molecule has 3 aromatic carbocycles. The summed E-state index contributed by atoms with van der Waals surface area (Å²) in [6, 6.07) is 18.2. The van der Waals surface area contributed by atoms with E-state index < -0.39 is 11.8 Å². The van der Waals surface area contributed by atoms with Crippen molar-refractivity contribution in [2.75, 3.05) is 6.61 Å². The third-order valence-corrected chi connectivity index (χ3v) is 5.29. The van der Waals surface area contributed by atoms with Crippen molar-refractivity contribution in [1.82, 2.24) is 0 Å². The summed E-state index contributed by atoms with van der Waals surface area (Å²) in [5, 5.41) is 18.7. The van der Waals surface area contributed by atoms with E-state index in [-0.39, 0.29) is 23.3 Å². The second kappa shape index (κ2) is 10.8. The van der Waals surface area contributed by atoms with Crippen LogP contribution in [0, 0.1) is 20.7 Å². The van der Waals surface area contributed by atoms with Gasteiger partial charge in [-0.15, -0.1) is 0 Å².